The molecule has 2 aromatic rings. The van der Waals surface area contributed by atoms with Crippen LogP contribution in [0.5, 0.6) is 0 Å². The van der Waals surface area contributed by atoms with E-state index in [0.717, 1.165) is 16.5 Å². The number of hydrogen-bond acceptors (Lipinski definition) is 1. The minimum atomic E-state index is 1.02. The van der Waals surface area contributed by atoms with Gasteiger partial charge in [0.1, 0.15) is 0 Å². The van der Waals surface area contributed by atoms with Crippen molar-refractivity contribution in [2.75, 3.05) is 0 Å². The third-order valence-electron chi connectivity index (χ3n) is 1.88. The second kappa shape index (κ2) is 2.78. The highest BCUT2D eigenvalue weighted by atomic mass is 14.6. The first kappa shape index (κ1) is 7.04. The summed E-state index contributed by atoms with van der Waals surface area (Å²) in [6.45, 7) is 3.74. The lowest BCUT2D eigenvalue weighted by Gasteiger charge is -1.98. The van der Waals surface area contributed by atoms with Crippen LogP contribution in [0.1, 0.15) is 5.56 Å². The monoisotopic (exact) mass is 155 g/mol. The van der Waals surface area contributed by atoms with Gasteiger partial charge < -0.3 is 0 Å². The van der Waals surface area contributed by atoms with Crippen molar-refractivity contribution in [2.24, 2.45) is 0 Å². The fourth-order valence-corrected chi connectivity index (χ4v) is 1.29. The van der Waals surface area contributed by atoms with Crippen molar-refractivity contribution >= 4 is 17.0 Å². The molecule has 1 heteroatoms. The summed E-state index contributed by atoms with van der Waals surface area (Å²) in [5, 5.41) is 1.16. The number of benzene rings is 1. The predicted octanol–water partition coefficient (Wildman–Crippen LogP) is 2.88. The van der Waals surface area contributed by atoms with E-state index < -0.39 is 0 Å². The Hall–Kier alpha value is -1.63. The second-order valence-corrected chi connectivity index (χ2v) is 2.63. The lowest BCUT2D eigenvalue weighted by atomic mass is 10.1. The number of fused-ring (bicyclic) bond motifs is 1. The summed E-state index contributed by atoms with van der Waals surface area (Å²) < 4.78 is 0. The van der Waals surface area contributed by atoms with E-state index in [4.69, 9.17) is 0 Å². The van der Waals surface area contributed by atoms with Gasteiger partial charge in [-0.2, -0.15) is 0 Å². The number of nitrogens with zero attached hydrogens (tertiary/aromatic N) is 1. The Morgan fingerprint density at radius 3 is 2.83 bits per heavy atom. The summed E-state index contributed by atoms with van der Waals surface area (Å²) in [4.78, 5) is 4.28. The van der Waals surface area contributed by atoms with E-state index >= 15 is 0 Å². The van der Waals surface area contributed by atoms with Crippen molar-refractivity contribution < 1.29 is 0 Å². The molecule has 0 aliphatic carbocycles. The highest BCUT2D eigenvalue weighted by Gasteiger charge is 1.95. The van der Waals surface area contributed by atoms with E-state index in [2.05, 4.69) is 23.7 Å². The third kappa shape index (κ3) is 0.996. The zero-order chi connectivity index (χ0) is 8.39. The van der Waals surface area contributed by atoms with Crippen molar-refractivity contribution in [3.05, 3.63) is 48.7 Å². The maximum absolute atomic E-state index is 4.28. The van der Waals surface area contributed by atoms with E-state index in [1.165, 1.54) is 0 Å². The molecule has 1 heterocycles. The van der Waals surface area contributed by atoms with Crippen LogP contribution in [0, 0.1) is 0 Å². The molecule has 2 rings (SSSR count). The molecule has 0 aliphatic rings. The molecule has 0 saturated heterocycles. The van der Waals surface area contributed by atoms with Gasteiger partial charge in [-0.15, -0.1) is 0 Å². The Morgan fingerprint density at radius 2 is 2.00 bits per heavy atom. The Kier molecular flexibility index (Phi) is 1.63. The summed E-state index contributed by atoms with van der Waals surface area (Å²) in [7, 11) is 0. The van der Waals surface area contributed by atoms with Crippen LogP contribution in [0.15, 0.2) is 43.1 Å². The quantitative estimate of drug-likeness (QED) is 0.617. The van der Waals surface area contributed by atoms with Crippen LogP contribution in [0.3, 0.4) is 0 Å². The molecule has 1 aromatic carbocycles. The third-order valence-corrected chi connectivity index (χ3v) is 1.88. The minimum Gasteiger partial charge on any atom is -0.256 e. The fraction of sp³-hybridized carbons (Fsp3) is 0. The number of aromatic nitrogens is 1. The van der Waals surface area contributed by atoms with Crippen molar-refractivity contribution in [1.82, 2.24) is 4.98 Å². The average molecular weight is 155 g/mol. The van der Waals surface area contributed by atoms with E-state index in [0.29, 0.717) is 0 Å². The summed E-state index contributed by atoms with van der Waals surface area (Å²) >= 11 is 0. The topological polar surface area (TPSA) is 12.9 Å². The van der Waals surface area contributed by atoms with Gasteiger partial charge in [0.15, 0.2) is 0 Å². The van der Waals surface area contributed by atoms with Crippen molar-refractivity contribution in [1.29, 1.82) is 0 Å². The van der Waals surface area contributed by atoms with Crippen LogP contribution >= 0.6 is 0 Å². The highest BCUT2D eigenvalue weighted by Crippen LogP contribution is 2.15. The number of para-hydroxylation sites is 1. The molecule has 1 nitrogen and oxygen atoms in total. The molecule has 0 bridgehead atoms. The van der Waals surface area contributed by atoms with Crippen LogP contribution in [0.25, 0.3) is 17.0 Å². The van der Waals surface area contributed by atoms with E-state index in [-0.39, 0.29) is 0 Å². The molecule has 58 valence electrons. The molecule has 1 aromatic heterocycles. The van der Waals surface area contributed by atoms with Crippen molar-refractivity contribution in [3.63, 3.8) is 0 Å². The van der Waals surface area contributed by atoms with Gasteiger partial charge in [0, 0.05) is 17.1 Å². The van der Waals surface area contributed by atoms with Gasteiger partial charge in [-0.25, -0.2) is 0 Å². The Labute approximate surface area is 71.4 Å². The molecule has 0 amide bonds. The van der Waals surface area contributed by atoms with Gasteiger partial charge >= 0.3 is 0 Å². The zero-order valence-electron chi connectivity index (χ0n) is 6.70. The predicted molar refractivity (Wildman–Crippen MR) is 51.8 cm³/mol. The maximum Gasteiger partial charge on any atom is 0.0774 e. The first-order valence-electron chi connectivity index (χ1n) is 3.88. The highest BCUT2D eigenvalue weighted by molar-refractivity contribution is 5.86. The van der Waals surface area contributed by atoms with Crippen molar-refractivity contribution in [2.45, 2.75) is 0 Å². The first-order valence-corrected chi connectivity index (χ1v) is 3.88. The number of hydrogen-bond donors (Lipinski definition) is 0. The van der Waals surface area contributed by atoms with Gasteiger partial charge in [0.25, 0.3) is 0 Å². The zero-order valence-corrected chi connectivity index (χ0v) is 6.70. The van der Waals surface area contributed by atoms with Gasteiger partial charge in [-0.1, -0.05) is 36.9 Å². The van der Waals surface area contributed by atoms with Gasteiger partial charge in [0.2, 0.25) is 0 Å². The smallest absolute Gasteiger partial charge is 0.0774 e. The molecule has 0 unspecified atom stereocenters. The Balaban J connectivity index is 2.88. The molecular weight excluding hydrogens is 146 g/mol. The molecule has 0 fully saturated rings. The molecule has 0 saturated carbocycles. The summed E-state index contributed by atoms with van der Waals surface area (Å²) in [6.07, 6.45) is 3.63. The average Bonchev–Trinajstić information content (AvgIpc) is 2.17. The van der Waals surface area contributed by atoms with Gasteiger partial charge in [-0.3, -0.25) is 4.98 Å². The summed E-state index contributed by atoms with van der Waals surface area (Å²) in [5.74, 6) is 0. The Bertz CT molecular complexity index is 413. The molecule has 0 N–H and O–H groups in total. The maximum atomic E-state index is 4.28. The van der Waals surface area contributed by atoms with Crippen LogP contribution in [0.2, 0.25) is 0 Å². The molecule has 0 atom stereocenters. The standard InChI is InChI=1S/C11H9N/c1-2-9-5-3-6-10-7-4-8-12-11(9)10/h2-8H,1H2. The van der Waals surface area contributed by atoms with Crippen LogP contribution in [-0.4, -0.2) is 4.98 Å². The Morgan fingerprint density at radius 1 is 1.17 bits per heavy atom. The SMILES string of the molecule is C=Cc1cccc2cccnc12. The number of rotatable bonds is 1. The molecule has 12 heavy (non-hydrogen) atoms. The molecule has 0 aliphatic heterocycles. The van der Waals surface area contributed by atoms with Crippen LogP contribution < -0.4 is 0 Å². The minimum absolute atomic E-state index is 1.02. The van der Waals surface area contributed by atoms with Crippen LogP contribution in [0.4, 0.5) is 0 Å². The molecule has 0 spiro atoms. The largest absolute Gasteiger partial charge is 0.256 e. The van der Waals surface area contributed by atoms with E-state index in [1.54, 1.807) is 6.20 Å². The normalized spacial score (nSPS) is 10.0. The fourth-order valence-electron chi connectivity index (χ4n) is 1.29. The first-order chi connectivity index (χ1) is 5.92. The molecule has 0 radical (unpaired) electrons. The van der Waals surface area contributed by atoms with Crippen LogP contribution in [-0.2, 0) is 0 Å². The van der Waals surface area contributed by atoms with E-state index in [9.17, 15) is 0 Å². The summed E-state index contributed by atoms with van der Waals surface area (Å²) in [6, 6.07) is 10.1. The van der Waals surface area contributed by atoms with E-state index in [1.807, 2.05) is 24.3 Å². The summed E-state index contributed by atoms with van der Waals surface area (Å²) in [5.41, 5.74) is 2.11. The van der Waals surface area contributed by atoms with Gasteiger partial charge in [-0.05, 0) is 6.07 Å². The molecular formula is C11H9N. The van der Waals surface area contributed by atoms with Gasteiger partial charge in [0.05, 0.1) is 5.52 Å². The number of pyridine rings is 1. The lowest BCUT2D eigenvalue weighted by Crippen LogP contribution is -1.80. The lowest BCUT2D eigenvalue weighted by molar-refractivity contribution is 1.41. The second-order valence-electron chi connectivity index (χ2n) is 2.63. The van der Waals surface area contributed by atoms with Crippen molar-refractivity contribution in [3.8, 4) is 0 Å².